The van der Waals surface area contributed by atoms with Crippen molar-refractivity contribution < 1.29 is 0 Å². The Morgan fingerprint density at radius 3 is 2.40 bits per heavy atom. The summed E-state index contributed by atoms with van der Waals surface area (Å²) in [5.41, 5.74) is 7.81. The predicted octanol–water partition coefficient (Wildman–Crippen LogP) is 4.29. The Balaban J connectivity index is 2.15. The maximum Gasteiger partial charge on any atom is 0.0411 e. The van der Waals surface area contributed by atoms with Gasteiger partial charge >= 0.3 is 0 Å². The van der Waals surface area contributed by atoms with Crippen molar-refractivity contribution in [3.63, 3.8) is 0 Å². The van der Waals surface area contributed by atoms with Crippen LogP contribution < -0.4 is 10.2 Å². The van der Waals surface area contributed by atoms with Gasteiger partial charge in [-0.05, 0) is 55.2 Å². The minimum Gasteiger partial charge on any atom is -0.381 e. The molecule has 0 saturated carbocycles. The molecule has 0 unspecified atom stereocenters. The molecule has 0 bridgehead atoms. The van der Waals surface area contributed by atoms with E-state index in [1.54, 1.807) is 0 Å². The fourth-order valence-corrected chi connectivity index (χ4v) is 2.40. The first-order chi connectivity index (χ1) is 9.49. The molecule has 20 heavy (non-hydrogen) atoms. The number of anilines is 2. The van der Waals surface area contributed by atoms with E-state index < -0.39 is 0 Å². The summed E-state index contributed by atoms with van der Waals surface area (Å²) in [6, 6.07) is 13.0. The van der Waals surface area contributed by atoms with E-state index in [0.29, 0.717) is 0 Å². The van der Waals surface area contributed by atoms with Crippen LogP contribution in [0.3, 0.4) is 0 Å². The van der Waals surface area contributed by atoms with Crippen LogP contribution in [-0.2, 0) is 6.54 Å². The number of hydrogen-bond acceptors (Lipinski definition) is 2. The molecule has 0 fully saturated rings. The molecule has 106 valence electrons. The average molecular weight is 268 g/mol. The molecule has 1 N–H and O–H groups in total. The normalized spacial score (nSPS) is 10.4. The lowest BCUT2D eigenvalue weighted by molar-refractivity contribution is 1.09. The van der Waals surface area contributed by atoms with Crippen molar-refractivity contribution in [2.24, 2.45) is 0 Å². The number of benzene rings is 2. The molecule has 0 atom stereocenters. The molecule has 2 nitrogen and oxygen atoms in total. The van der Waals surface area contributed by atoms with Gasteiger partial charge in [0.15, 0.2) is 0 Å². The van der Waals surface area contributed by atoms with Crippen molar-refractivity contribution in [1.82, 2.24) is 0 Å². The number of hydrogen-bond donors (Lipinski definition) is 1. The topological polar surface area (TPSA) is 15.3 Å². The third-order valence-electron chi connectivity index (χ3n) is 3.89. The lowest BCUT2D eigenvalue weighted by Gasteiger charge is -2.18. The van der Waals surface area contributed by atoms with Crippen molar-refractivity contribution in [3.05, 3.63) is 58.7 Å². The van der Waals surface area contributed by atoms with Gasteiger partial charge in [-0.2, -0.15) is 0 Å². The van der Waals surface area contributed by atoms with Gasteiger partial charge in [0.25, 0.3) is 0 Å². The SMILES string of the molecule is Cc1ccc(NCc2cccc(C)c2C)cc1N(C)C. The van der Waals surface area contributed by atoms with E-state index in [-0.39, 0.29) is 0 Å². The minimum atomic E-state index is 0.865. The molecule has 0 saturated heterocycles. The molecule has 2 aromatic carbocycles. The minimum absolute atomic E-state index is 0.865. The smallest absolute Gasteiger partial charge is 0.0411 e. The maximum atomic E-state index is 3.52. The van der Waals surface area contributed by atoms with Crippen LogP contribution in [0, 0.1) is 20.8 Å². The summed E-state index contributed by atoms with van der Waals surface area (Å²) < 4.78 is 0. The molecule has 2 aromatic rings. The first kappa shape index (κ1) is 14.4. The summed E-state index contributed by atoms with van der Waals surface area (Å²) >= 11 is 0. The molecule has 2 heteroatoms. The van der Waals surface area contributed by atoms with E-state index in [1.807, 2.05) is 0 Å². The molecule has 0 aliphatic heterocycles. The predicted molar refractivity (Wildman–Crippen MR) is 88.7 cm³/mol. The summed E-state index contributed by atoms with van der Waals surface area (Å²) in [4.78, 5) is 2.15. The van der Waals surface area contributed by atoms with Gasteiger partial charge in [-0.15, -0.1) is 0 Å². The third-order valence-corrected chi connectivity index (χ3v) is 3.89. The van der Waals surface area contributed by atoms with E-state index in [1.165, 1.54) is 33.6 Å². The first-order valence-electron chi connectivity index (χ1n) is 7.06. The summed E-state index contributed by atoms with van der Waals surface area (Å²) in [7, 11) is 4.16. The van der Waals surface area contributed by atoms with E-state index >= 15 is 0 Å². The second-order valence-corrected chi connectivity index (χ2v) is 5.61. The highest BCUT2D eigenvalue weighted by Gasteiger charge is 2.04. The summed E-state index contributed by atoms with van der Waals surface area (Å²) in [5.74, 6) is 0. The van der Waals surface area contributed by atoms with Crippen LogP contribution in [-0.4, -0.2) is 14.1 Å². The molecular formula is C18H24N2. The molecule has 0 radical (unpaired) electrons. The monoisotopic (exact) mass is 268 g/mol. The fraction of sp³-hybridized carbons (Fsp3) is 0.333. The Hall–Kier alpha value is -1.96. The zero-order valence-electron chi connectivity index (χ0n) is 13.1. The molecule has 2 rings (SSSR count). The van der Waals surface area contributed by atoms with Gasteiger partial charge in [0.2, 0.25) is 0 Å². The van der Waals surface area contributed by atoms with Crippen molar-refractivity contribution in [3.8, 4) is 0 Å². The lowest BCUT2D eigenvalue weighted by Crippen LogP contribution is -2.11. The molecule has 0 amide bonds. The third kappa shape index (κ3) is 3.13. The van der Waals surface area contributed by atoms with Crippen LogP contribution >= 0.6 is 0 Å². The fourth-order valence-electron chi connectivity index (χ4n) is 2.40. The van der Waals surface area contributed by atoms with E-state index in [9.17, 15) is 0 Å². The van der Waals surface area contributed by atoms with Gasteiger partial charge in [-0.1, -0.05) is 24.3 Å². The Morgan fingerprint density at radius 2 is 1.70 bits per heavy atom. The van der Waals surface area contributed by atoms with Gasteiger partial charge in [0.1, 0.15) is 0 Å². The van der Waals surface area contributed by atoms with Crippen LogP contribution in [0.1, 0.15) is 22.3 Å². The van der Waals surface area contributed by atoms with E-state index in [2.05, 4.69) is 81.5 Å². The molecule has 0 aromatic heterocycles. The van der Waals surface area contributed by atoms with E-state index in [0.717, 1.165) is 6.54 Å². The van der Waals surface area contributed by atoms with Gasteiger partial charge in [-0.25, -0.2) is 0 Å². The van der Waals surface area contributed by atoms with Crippen LogP contribution in [0.4, 0.5) is 11.4 Å². The largest absolute Gasteiger partial charge is 0.381 e. The standard InChI is InChI=1S/C18H24N2/c1-13-7-6-8-16(15(13)3)12-19-17-10-9-14(2)18(11-17)20(4)5/h6-11,19H,12H2,1-5H3. The van der Waals surface area contributed by atoms with Crippen LogP contribution in [0.25, 0.3) is 0 Å². The van der Waals surface area contributed by atoms with Crippen LogP contribution in [0.5, 0.6) is 0 Å². The summed E-state index contributed by atoms with van der Waals surface area (Å²) in [5, 5.41) is 3.52. The van der Waals surface area contributed by atoms with Crippen LogP contribution in [0.2, 0.25) is 0 Å². The van der Waals surface area contributed by atoms with Gasteiger partial charge < -0.3 is 10.2 Å². The highest BCUT2D eigenvalue weighted by Crippen LogP contribution is 2.23. The van der Waals surface area contributed by atoms with E-state index in [4.69, 9.17) is 0 Å². The lowest BCUT2D eigenvalue weighted by atomic mass is 10.0. The number of nitrogens with one attached hydrogen (secondary N) is 1. The summed E-state index contributed by atoms with van der Waals surface area (Å²) in [6.45, 7) is 7.36. The molecule has 0 heterocycles. The van der Waals surface area contributed by atoms with Crippen molar-refractivity contribution in [2.75, 3.05) is 24.3 Å². The number of aryl methyl sites for hydroxylation is 2. The molecule has 0 aliphatic carbocycles. The Kier molecular flexibility index (Phi) is 4.33. The molecule has 0 aliphatic rings. The number of nitrogens with zero attached hydrogens (tertiary/aromatic N) is 1. The zero-order chi connectivity index (χ0) is 14.7. The van der Waals surface area contributed by atoms with Crippen LogP contribution in [0.15, 0.2) is 36.4 Å². The van der Waals surface area contributed by atoms with Gasteiger partial charge in [0.05, 0.1) is 0 Å². The average Bonchev–Trinajstić information content (AvgIpc) is 2.41. The Morgan fingerprint density at radius 1 is 0.950 bits per heavy atom. The van der Waals surface area contributed by atoms with Crippen molar-refractivity contribution in [1.29, 1.82) is 0 Å². The second kappa shape index (κ2) is 6.00. The number of rotatable bonds is 4. The van der Waals surface area contributed by atoms with Crippen molar-refractivity contribution >= 4 is 11.4 Å². The molecular weight excluding hydrogens is 244 g/mol. The highest BCUT2D eigenvalue weighted by atomic mass is 15.1. The Bertz CT molecular complexity index is 600. The van der Waals surface area contributed by atoms with Gasteiger partial charge in [-0.3, -0.25) is 0 Å². The summed E-state index contributed by atoms with van der Waals surface area (Å²) in [6.07, 6.45) is 0. The maximum absolute atomic E-state index is 3.52. The quantitative estimate of drug-likeness (QED) is 0.890. The van der Waals surface area contributed by atoms with Gasteiger partial charge in [0, 0.05) is 32.0 Å². The zero-order valence-corrected chi connectivity index (χ0v) is 13.1. The Labute approximate surface area is 122 Å². The highest BCUT2D eigenvalue weighted by molar-refractivity contribution is 5.62. The second-order valence-electron chi connectivity index (χ2n) is 5.61. The molecule has 0 spiro atoms. The van der Waals surface area contributed by atoms with Crippen molar-refractivity contribution in [2.45, 2.75) is 27.3 Å². The first-order valence-corrected chi connectivity index (χ1v) is 7.06.